The average molecular weight is 352 g/mol. The van der Waals surface area contributed by atoms with Crippen LogP contribution in [0.4, 0.5) is 0 Å². The van der Waals surface area contributed by atoms with Crippen LogP contribution in [0.1, 0.15) is 32.6 Å². The molecule has 0 saturated heterocycles. The minimum atomic E-state index is -0.397. The molecule has 3 aromatic rings. The zero-order valence-corrected chi connectivity index (χ0v) is 15.0. The minimum Gasteiger partial charge on any atom is -0.465 e. The van der Waals surface area contributed by atoms with Crippen molar-refractivity contribution in [2.24, 2.45) is 0 Å². The lowest BCUT2D eigenvalue weighted by atomic mass is 10.0. The molecule has 1 aromatic heterocycles. The van der Waals surface area contributed by atoms with E-state index < -0.39 is 5.97 Å². The molecule has 0 N–H and O–H groups in total. The number of ether oxygens (including phenoxy) is 2. The van der Waals surface area contributed by atoms with E-state index in [1.54, 1.807) is 30.5 Å². The molecule has 0 unspecified atom stereocenters. The Morgan fingerprint density at radius 2 is 1.73 bits per heavy atom. The molecule has 3 rings (SSSR count). The molecule has 134 valence electrons. The van der Waals surface area contributed by atoms with Gasteiger partial charge in [-0.05, 0) is 54.8 Å². The molecule has 1 heterocycles. The van der Waals surface area contributed by atoms with E-state index in [1.165, 1.54) is 7.11 Å². The van der Waals surface area contributed by atoms with Crippen LogP contribution in [0, 0.1) is 13.8 Å². The molecule has 0 saturated carbocycles. The Bertz CT molecular complexity index is 950. The van der Waals surface area contributed by atoms with Gasteiger partial charge in [-0.1, -0.05) is 12.1 Å². The SMILES string of the molecule is COC(=O)c1ccc(COC(=O)Cc2coc3cc(C)c(C)cc23)cc1. The van der Waals surface area contributed by atoms with Crippen molar-refractivity contribution < 1.29 is 23.5 Å². The Morgan fingerprint density at radius 1 is 1.04 bits per heavy atom. The second-order valence-corrected chi connectivity index (χ2v) is 6.22. The van der Waals surface area contributed by atoms with Crippen LogP contribution >= 0.6 is 0 Å². The fourth-order valence-electron chi connectivity index (χ4n) is 2.70. The minimum absolute atomic E-state index is 0.147. The van der Waals surface area contributed by atoms with Crippen LogP contribution in [0.25, 0.3) is 11.0 Å². The molecule has 0 aliphatic heterocycles. The molecular weight excluding hydrogens is 332 g/mol. The first-order valence-corrected chi connectivity index (χ1v) is 8.28. The highest BCUT2D eigenvalue weighted by molar-refractivity contribution is 5.89. The molecule has 0 fully saturated rings. The number of fused-ring (bicyclic) bond motifs is 1. The molecular formula is C21H20O5. The Kier molecular flexibility index (Phi) is 5.07. The average Bonchev–Trinajstić information content (AvgIpc) is 3.01. The maximum atomic E-state index is 12.2. The van der Waals surface area contributed by atoms with E-state index in [2.05, 4.69) is 4.74 Å². The molecule has 26 heavy (non-hydrogen) atoms. The number of methoxy groups -OCH3 is 1. The molecule has 0 aliphatic carbocycles. The van der Waals surface area contributed by atoms with Gasteiger partial charge in [0.15, 0.2) is 0 Å². The van der Waals surface area contributed by atoms with Gasteiger partial charge in [-0.15, -0.1) is 0 Å². The third-order valence-corrected chi connectivity index (χ3v) is 4.38. The second kappa shape index (κ2) is 7.44. The normalized spacial score (nSPS) is 10.7. The summed E-state index contributed by atoms with van der Waals surface area (Å²) in [6.07, 6.45) is 1.76. The molecule has 5 nitrogen and oxygen atoms in total. The Hall–Kier alpha value is -3.08. The first-order chi connectivity index (χ1) is 12.5. The van der Waals surface area contributed by atoms with E-state index >= 15 is 0 Å². The molecule has 0 aliphatic rings. The summed E-state index contributed by atoms with van der Waals surface area (Å²) in [5.74, 6) is -0.728. The first-order valence-electron chi connectivity index (χ1n) is 8.28. The van der Waals surface area contributed by atoms with E-state index in [-0.39, 0.29) is 19.0 Å². The third-order valence-electron chi connectivity index (χ3n) is 4.38. The Balaban J connectivity index is 1.63. The maximum absolute atomic E-state index is 12.2. The van der Waals surface area contributed by atoms with Crippen LogP contribution < -0.4 is 0 Å². The summed E-state index contributed by atoms with van der Waals surface area (Å²) < 4.78 is 15.5. The largest absolute Gasteiger partial charge is 0.465 e. The van der Waals surface area contributed by atoms with Gasteiger partial charge in [0, 0.05) is 10.9 Å². The van der Waals surface area contributed by atoms with Crippen molar-refractivity contribution in [1.29, 1.82) is 0 Å². The van der Waals surface area contributed by atoms with Gasteiger partial charge in [0.05, 0.1) is 25.4 Å². The summed E-state index contributed by atoms with van der Waals surface area (Å²) >= 11 is 0. The summed E-state index contributed by atoms with van der Waals surface area (Å²) in [4.78, 5) is 23.6. The van der Waals surface area contributed by atoms with Gasteiger partial charge in [-0.3, -0.25) is 4.79 Å². The molecule has 0 atom stereocenters. The van der Waals surface area contributed by atoms with E-state index in [9.17, 15) is 9.59 Å². The van der Waals surface area contributed by atoms with Gasteiger partial charge in [-0.25, -0.2) is 4.79 Å². The molecule has 0 amide bonds. The number of carbonyl (C=O) groups excluding carboxylic acids is 2. The number of rotatable bonds is 5. The highest BCUT2D eigenvalue weighted by atomic mass is 16.5. The number of furan rings is 1. The summed E-state index contributed by atoms with van der Waals surface area (Å²) in [7, 11) is 1.33. The van der Waals surface area contributed by atoms with Gasteiger partial charge >= 0.3 is 11.9 Å². The smallest absolute Gasteiger partial charge is 0.337 e. The van der Waals surface area contributed by atoms with E-state index in [0.29, 0.717) is 5.56 Å². The van der Waals surface area contributed by atoms with E-state index in [1.807, 2.05) is 26.0 Å². The van der Waals surface area contributed by atoms with Crippen molar-refractivity contribution in [3.8, 4) is 0 Å². The monoisotopic (exact) mass is 352 g/mol. The summed E-state index contributed by atoms with van der Waals surface area (Å²) in [5.41, 5.74) is 5.15. The first kappa shape index (κ1) is 17.7. The van der Waals surface area contributed by atoms with Gasteiger partial charge < -0.3 is 13.9 Å². The lowest BCUT2D eigenvalue weighted by Gasteiger charge is -2.06. The standard InChI is InChI=1S/C21H20O5/c1-13-8-18-17(12-25-19(18)9-14(13)2)10-20(22)26-11-15-4-6-16(7-5-15)21(23)24-3/h4-9,12H,10-11H2,1-3H3. The zero-order chi connectivity index (χ0) is 18.7. The van der Waals surface area contributed by atoms with Crippen LogP contribution in [-0.2, 0) is 27.3 Å². The van der Waals surface area contributed by atoms with Crippen molar-refractivity contribution in [2.45, 2.75) is 26.9 Å². The van der Waals surface area contributed by atoms with Crippen molar-refractivity contribution in [3.05, 3.63) is 70.5 Å². The number of hydrogen-bond donors (Lipinski definition) is 0. The summed E-state index contributed by atoms with van der Waals surface area (Å²) in [5, 5.41) is 0.937. The fraction of sp³-hybridized carbons (Fsp3) is 0.238. The number of hydrogen-bond acceptors (Lipinski definition) is 5. The predicted octanol–water partition coefficient (Wildman–Crippen LogP) is 4.12. The predicted molar refractivity (Wildman–Crippen MR) is 97.0 cm³/mol. The maximum Gasteiger partial charge on any atom is 0.337 e. The summed E-state index contributed by atoms with van der Waals surface area (Å²) in [6.45, 7) is 4.20. The van der Waals surface area contributed by atoms with Gasteiger partial charge in [0.1, 0.15) is 12.2 Å². The zero-order valence-electron chi connectivity index (χ0n) is 15.0. The Labute approximate surface area is 151 Å². The van der Waals surface area contributed by atoms with Crippen LogP contribution in [0.2, 0.25) is 0 Å². The molecule has 0 bridgehead atoms. The number of esters is 2. The lowest BCUT2D eigenvalue weighted by molar-refractivity contribution is -0.144. The van der Waals surface area contributed by atoms with Gasteiger partial charge in [0.2, 0.25) is 0 Å². The molecule has 0 spiro atoms. The topological polar surface area (TPSA) is 65.7 Å². The van der Waals surface area contributed by atoms with Gasteiger partial charge in [-0.2, -0.15) is 0 Å². The number of aryl methyl sites for hydroxylation is 2. The molecule has 2 aromatic carbocycles. The molecule has 5 heteroatoms. The van der Waals surface area contributed by atoms with E-state index in [0.717, 1.165) is 33.2 Å². The van der Waals surface area contributed by atoms with Crippen LogP contribution in [0.15, 0.2) is 47.1 Å². The number of benzene rings is 2. The van der Waals surface area contributed by atoms with Crippen molar-refractivity contribution in [3.63, 3.8) is 0 Å². The highest BCUT2D eigenvalue weighted by Gasteiger charge is 2.13. The van der Waals surface area contributed by atoms with Crippen molar-refractivity contribution >= 4 is 22.9 Å². The van der Waals surface area contributed by atoms with Crippen molar-refractivity contribution in [2.75, 3.05) is 7.11 Å². The van der Waals surface area contributed by atoms with Crippen molar-refractivity contribution in [1.82, 2.24) is 0 Å². The third kappa shape index (κ3) is 3.77. The van der Waals surface area contributed by atoms with Gasteiger partial charge in [0.25, 0.3) is 0 Å². The van der Waals surface area contributed by atoms with Crippen LogP contribution in [0.5, 0.6) is 0 Å². The van der Waals surface area contributed by atoms with E-state index in [4.69, 9.17) is 9.15 Å². The highest BCUT2D eigenvalue weighted by Crippen LogP contribution is 2.25. The van der Waals surface area contributed by atoms with Crippen LogP contribution in [-0.4, -0.2) is 19.0 Å². The molecule has 0 radical (unpaired) electrons. The summed E-state index contributed by atoms with van der Waals surface area (Å²) in [6, 6.07) is 10.8. The fourth-order valence-corrected chi connectivity index (χ4v) is 2.70. The second-order valence-electron chi connectivity index (χ2n) is 6.22. The lowest BCUT2D eigenvalue weighted by Crippen LogP contribution is -2.08. The Morgan fingerprint density at radius 3 is 2.42 bits per heavy atom. The quantitative estimate of drug-likeness (QED) is 0.646. The number of carbonyl (C=O) groups is 2. The van der Waals surface area contributed by atoms with Crippen LogP contribution in [0.3, 0.4) is 0 Å².